The molecular weight excluding hydrogens is 226 g/mol. The molecule has 0 saturated heterocycles. The number of hydrogen-bond acceptors (Lipinski definition) is 2. The molecular formula is C15H19NS. The highest BCUT2D eigenvalue weighted by molar-refractivity contribution is 7.07. The van der Waals surface area contributed by atoms with Crippen LogP contribution in [0.1, 0.15) is 29.0 Å². The predicted molar refractivity (Wildman–Crippen MR) is 75.6 cm³/mol. The van der Waals surface area contributed by atoms with Crippen molar-refractivity contribution in [2.24, 2.45) is 5.73 Å². The van der Waals surface area contributed by atoms with E-state index in [2.05, 4.69) is 48.0 Å². The number of aryl methyl sites for hydroxylation is 2. The summed E-state index contributed by atoms with van der Waals surface area (Å²) in [5.74, 6) is 0.481. The highest BCUT2D eigenvalue weighted by Crippen LogP contribution is 2.22. The average Bonchev–Trinajstić information content (AvgIpc) is 2.83. The van der Waals surface area contributed by atoms with Crippen molar-refractivity contribution in [3.05, 3.63) is 57.8 Å². The third-order valence-corrected chi connectivity index (χ3v) is 3.89. The summed E-state index contributed by atoms with van der Waals surface area (Å²) >= 11 is 1.77. The predicted octanol–water partition coefficient (Wildman–Crippen LogP) is 3.73. The maximum atomic E-state index is 5.90. The molecule has 2 rings (SSSR count). The van der Waals surface area contributed by atoms with Crippen molar-refractivity contribution < 1.29 is 0 Å². The molecule has 1 unspecified atom stereocenters. The van der Waals surface area contributed by atoms with Crippen LogP contribution < -0.4 is 5.73 Å². The van der Waals surface area contributed by atoms with Gasteiger partial charge in [-0.05, 0) is 60.2 Å². The van der Waals surface area contributed by atoms with Gasteiger partial charge >= 0.3 is 0 Å². The SMILES string of the molecule is Cc1cccc(C(CN)CCc2ccsc2)c1. The summed E-state index contributed by atoms with van der Waals surface area (Å²) in [6, 6.07) is 10.9. The van der Waals surface area contributed by atoms with Crippen LogP contribution >= 0.6 is 11.3 Å². The largest absolute Gasteiger partial charge is 0.330 e. The van der Waals surface area contributed by atoms with E-state index in [-0.39, 0.29) is 0 Å². The highest BCUT2D eigenvalue weighted by atomic mass is 32.1. The molecule has 17 heavy (non-hydrogen) atoms. The van der Waals surface area contributed by atoms with E-state index in [9.17, 15) is 0 Å². The second kappa shape index (κ2) is 5.99. The fraction of sp³-hybridized carbons (Fsp3) is 0.333. The van der Waals surface area contributed by atoms with E-state index in [0.29, 0.717) is 5.92 Å². The Balaban J connectivity index is 2.01. The standard InChI is InChI=1S/C15H19NS/c1-12-3-2-4-14(9-12)15(10-16)6-5-13-7-8-17-11-13/h2-4,7-9,11,15H,5-6,10,16H2,1H3. The van der Waals surface area contributed by atoms with Gasteiger partial charge in [0.25, 0.3) is 0 Å². The van der Waals surface area contributed by atoms with Crippen LogP contribution in [0.25, 0.3) is 0 Å². The molecule has 2 aromatic rings. The van der Waals surface area contributed by atoms with Gasteiger partial charge in [-0.2, -0.15) is 11.3 Å². The molecule has 0 fully saturated rings. The zero-order chi connectivity index (χ0) is 12.1. The number of thiophene rings is 1. The molecule has 0 aliphatic heterocycles. The monoisotopic (exact) mass is 245 g/mol. The maximum Gasteiger partial charge on any atom is -0.000812 e. The molecule has 0 aliphatic carbocycles. The summed E-state index contributed by atoms with van der Waals surface area (Å²) in [6.45, 7) is 2.86. The smallest absolute Gasteiger partial charge is 0.000812 e. The van der Waals surface area contributed by atoms with Gasteiger partial charge in [0, 0.05) is 0 Å². The topological polar surface area (TPSA) is 26.0 Å². The summed E-state index contributed by atoms with van der Waals surface area (Å²) in [7, 11) is 0. The Morgan fingerprint density at radius 1 is 1.29 bits per heavy atom. The Labute approximate surface area is 107 Å². The maximum absolute atomic E-state index is 5.90. The van der Waals surface area contributed by atoms with Crippen LogP contribution in [0.4, 0.5) is 0 Å². The van der Waals surface area contributed by atoms with E-state index < -0.39 is 0 Å². The van der Waals surface area contributed by atoms with E-state index in [1.165, 1.54) is 16.7 Å². The van der Waals surface area contributed by atoms with Crippen LogP contribution in [-0.2, 0) is 6.42 Å². The Morgan fingerprint density at radius 2 is 2.18 bits per heavy atom. The molecule has 0 saturated carbocycles. The van der Waals surface area contributed by atoms with Gasteiger partial charge in [0.1, 0.15) is 0 Å². The van der Waals surface area contributed by atoms with Gasteiger partial charge in [0.15, 0.2) is 0 Å². The fourth-order valence-electron chi connectivity index (χ4n) is 2.12. The van der Waals surface area contributed by atoms with Crippen LogP contribution in [0.2, 0.25) is 0 Å². The summed E-state index contributed by atoms with van der Waals surface area (Å²) in [4.78, 5) is 0. The van der Waals surface area contributed by atoms with Gasteiger partial charge < -0.3 is 5.73 Å². The van der Waals surface area contributed by atoms with E-state index in [1.807, 2.05) is 0 Å². The van der Waals surface area contributed by atoms with Crippen molar-refractivity contribution >= 4 is 11.3 Å². The van der Waals surface area contributed by atoms with Gasteiger partial charge in [0.2, 0.25) is 0 Å². The summed E-state index contributed by atoms with van der Waals surface area (Å²) in [5, 5.41) is 4.36. The average molecular weight is 245 g/mol. The van der Waals surface area contributed by atoms with Crippen molar-refractivity contribution in [3.8, 4) is 0 Å². The quantitative estimate of drug-likeness (QED) is 0.853. The van der Waals surface area contributed by atoms with Crippen molar-refractivity contribution in [1.29, 1.82) is 0 Å². The van der Waals surface area contributed by atoms with Crippen LogP contribution in [-0.4, -0.2) is 6.54 Å². The van der Waals surface area contributed by atoms with Crippen molar-refractivity contribution in [1.82, 2.24) is 0 Å². The first kappa shape index (κ1) is 12.3. The van der Waals surface area contributed by atoms with Crippen LogP contribution in [0.3, 0.4) is 0 Å². The molecule has 1 atom stereocenters. The molecule has 90 valence electrons. The van der Waals surface area contributed by atoms with E-state index in [1.54, 1.807) is 11.3 Å². The van der Waals surface area contributed by atoms with Gasteiger partial charge in [-0.1, -0.05) is 29.8 Å². The number of nitrogens with two attached hydrogens (primary N) is 1. The van der Waals surface area contributed by atoms with Crippen molar-refractivity contribution in [2.75, 3.05) is 6.54 Å². The molecule has 1 heterocycles. The Kier molecular flexibility index (Phi) is 4.35. The molecule has 1 nitrogen and oxygen atoms in total. The lowest BCUT2D eigenvalue weighted by molar-refractivity contribution is 0.634. The number of hydrogen-bond donors (Lipinski definition) is 1. The number of benzene rings is 1. The molecule has 0 amide bonds. The minimum absolute atomic E-state index is 0.481. The lowest BCUT2D eigenvalue weighted by Crippen LogP contribution is -2.13. The molecule has 0 aliphatic rings. The third kappa shape index (κ3) is 3.42. The molecule has 2 N–H and O–H groups in total. The number of rotatable bonds is 5. The van der Waals surface area contributed by atoms with Crippen LogP contribution in [0.15, 0.2) is 41.1 Å². The first-order chi connectivity index (χ1) is 8.29. The second-order valence-corrected chi connectivity index (χ2v) is 5.30. The minimum Gasteiger partial charge on any atom is -0.330 e. The third-order valence-electron chi connectivity index (χ3n) is 3.16. The Morgan fingerprint density at radius 3 is 2.82 bits per heavy atom. The molecule has 0 bridgehead atoms. The summed E-state index contributed by atoms with van der Waals surface area (Å²) in [6.07, 6.45) is 2.26. The van der Waals surface area contributed by atoms with E-state index in [4.69, 9.17) is 5.73 Å². The molecule has 2 heteroatoms. The first-order valence-electron chi connectivity index (χ1n) is 6.07. The van der Waals surface area contributed by atoms with Crippen molar-refractivity contribution in [3.63, 3.8) is 0 Å². The normalized spacial score (nSPS) is 12.6. The second-order valence-electron chi connectivity index (χ2n) is 4.52. The Hall–Kier alpha value is -1.12. The van der Waals surface area contributed by atoms with Crippen LogP contribution in [0, 0.1) is 6.92 Å². The minimum atomic E-state index is 0.481. The van der Waals surface area contributed by atoms with Gasteiger partial charge in [-0.3, -0.25) is 0 Å². The van der Waals surface area contributed by atoms with E-state index in [0.717, 1.165) is 19.4 Å². The van der Waals surface area contributed by atoms with Crippen LogP contribution in [0.5, 0.6) is 0 Å². The Bertz CT molecular complexity index is 448. The first-order valence-corrected chi connectivity index (χ1v) is 7.01. The fourth-order valence-corrected chi connectivity index (χ4v) is 2.82. The lowest BCUT2D eigenvalue weighted by atomic mass is 9.92. The van der Waals surface area contributed by atoms with Gasteiger partial charge in [-0.15, -0.1) is 0 Å². The van der Waals surface area contributed by atoms with Gasteiger partial charge in [-0.25, -0.2) is 0 Å². The molecule has 0 radical (unpaired) electrons. The summed E-state index contributed by atoms with van der Waals surface area (Å²) < 4.78 is 0. The molecule has 1 aromatic carbocycles. The van der Waals surface area contributed by atoms with Crippen molar-refractivity contribution in [2.45, 2.75) is 25.7 Å². The zero-order valence-corrected chi connectivity index (χ0v) is 11.0. The van der Waals surface area contributed by atoms with Gasteiger partial charge in [0.05, 0.1) is 0 Å². The highest BCUT2D eigenvalue weighted by Gasteiger charge is 2.09. The molecule has 1 aromatic heterocycles. The zero-order valence-electron chi connectivity index (χ0n) is 10.2. The van der Waals surface area contributed by atoms with E-state index >= 15 is 0 Å². The summed E-state index contributed by atoms with van der Waals surface area (Å²) in [5.41, 5.74) is 10.0. The lowest BCUT2D eigenvalue weighted by Gasteiger charge is -2.15. The molecule has 0 spiro atoms.